The third kappa shape index (κ3) is 2.63. The van der Waals surface area contributed by atoms with Crippen molar-refractivity contribution in [3.63, 3.8) is 0 Å². The van der Waals surface area contributed by atoms with Gasteiger partial charge in [0, 0.05) is 5.33 Å². The summed E-state index contributed by atoms with van der Waals surface area (Å²) in [7, 11) is 0. The Morgan fingerprint density at radius 2 is 2.24 bits per heavy atom. The molecular formula is C12H12BrClFNO. The van der Waals surface area contributed by atoms with Crippen molar-refractivity contribution < 1.29 is 9.18 Å². The first-order valence-electron chi connectivity index (χ1n) is 5.40. The summed E-state index contributed by atoms with van der Waals surface area (Å²) in [5, 5.41) is 3.84. The number of carbonyl (C=O) groups excluding carboxylic acids is 1. The molecule has 92 valence electrons. The maximum atomic E-state index is 12.9. The van der Waals surface area contributed by atoms with Gasteiger partial charge in [0.1, 0.15) is 5.82 Å². The lowest BCUT2D eigenvalue weighted by molar-refractivity contribution is 0.0856. The van der Waals surface area contributed by atoms with Gasteiger partial charge in [-0.15, -0.1) is 0 Å². The Bertz CT molecular complexity index is 443. The molecule has 1 amide bonds. The summed E-state index contributed by atoms with van der Waals surface area (Å²) in [5.74, 6) is -0.681. The standard InChI is InChI=1S/C12H12BrClFNO/c13-7-12(4-1-5-12)16-11(17)9-3-2-8(15)6-10(9)14/h2-3,6H,1,4-5,7H2,(H,16,17). The van der Waals surface area contributed by atoms with Crippen LogP contribution in [0.3, 0.4) is 0 Å². The molecule has 5 heteroatoms. The van der Waals surface area contributed by atoms with E-state index in [2.05, 4.69) is 21.2 Å². The molecule has 1 aromatic carbocycles. The van der Waals surface area contributed by atoms with Crippen LogP contribution in [0.15, 0.2) is 18.2 Å². The van der Waals surface area contributed by atoms with E-state index in [0.29, 0.717) is 5.56 Å². The van der Waals surface area contributed by atoms with Crippen LogP contribution in [0.4, 0.5) is 4.39 Å². The van der Waals surface area contributed by atoms with Crippen LogP contribution < -0.4 is 5.32 Å². The van der Waals surface area contributed by atoms with E-state index in [4.69, 9.17) is 11.6 Å². The van der Waals surface area contributed by atoms with Crippen LogP contribution in [0.1, 0.15) is 29.6 Å². The molecule has 1 aliphatic rings. The maximum Gasteiger partial charge on any atom is 0.253 e. The molecule has 0 bridgehead atoms. The van der Waals surface area contributed by atoms with E-state index in [-0.39, 0.29) is 16.5 Å². The summed E-state index contributed by atoms with van der Waals surface area (Å²) in [6.07, 6.45) is 3.04. The third-order valence-corrected chi connectivity index (χ3v) is 4.51. The van der Waals surface area contributed by atoms with Gasteiger partial charge in [0.2, 0.25) is 0 Å². The van der Waals surface area contributed by atoms with Gasteiger partial charge in [0.15, 0.2) is 0 Å². The molecule has 17 heavy (non-hydrogen) atoms. The average molecular weight is 321 g/mol. The highest BCUT2D eigenvalue weighted by molar-refractivity contribution is 9.09. The highest BCUT2D eigenvalue weighted by Gasteiger charge is 2.37. The molecule has 1 fully saturated rings. The van der Waals surface area contributed by atoms with Crippen molar-refractivity contribution in [1.82, 2.24) is 5.32 Å². The number of alkyl halides is 1. The van der Waals surface area contributed by atoms with Gasteiger partial charge >= 0.3 is 0 Å². The van der Waals surface area contributed by atoms with Gasteiger partial charge in [0.05, 0.1) is 16.1 Å². The maximum absolute atomic E-state index is 12.9. The number of benzene rings is 1. The van der Waals surface area contributed by atoms with Crippen LogP contribution in [-0.2, 0) is 0 Å². The Balaban J connectivity index is 2.14. The van der Waals surface area contributed by atoms with E-state index in [1.165, 1.54) is 12.1 Å². The Morgan fingerprint density at radius 1 is 1.53 bits per heavy atom. The van der Waals surface area contributed by atoms with E-state index in [1.807, 2.05) is 0 Å². The summed E-state index contributed by atoms with van der Waals surface area (Å²) in [6, 6.07) is 3.80. The normalized spacial score (nSPS) is 17.4. The lowest BCUT2D eigenvalue weighted by atomic mass is 9.78. The Hall–Kier alpha value is -0.610. The van der Waals surface area contributed by atoms with Gasteiger partial charge < -0.3 is 5.32 Å². The minimum atomic E-state index is -0.439. The lowest BCUT2D eigenvalue weighted by Gasteiger charge is -2.41. The van der Waals surface area contributed by atoms with Crippen molar-refractivity contribution in [3.8, 4) is 0 Å². The number of halogens is 3. The highest BCUT2D eigenvalue weighted by Crippen LogP contribution is 2.34. The van der Waals surface area contributed by atoms with Gasteiger partial charge in [-0.3, -0.25) is 4.79 Å². The summed E-state index contributed by atoms with van der Waals surface area (Å²) in [6.45, 7) is 0. The molecule has 1 aromatic rings. The zero-order valence-corrected chi connectivity index (χ0v) is 11.4. The van der Waals surface area contributed by atoms with Crippen LogP contribution in [-0.4, -0.2) is 16.8 Å². The number of carbonyl (C=O) groups is 1. The van der Waals surface area contributed by atoms with Gasteiger partial charge in [0.25, 0.3) is 5.91 Å². The number of nitrogens with one attached hydrogen (secondary N) is 1. The Kier molecular flexibility index (Phi) is 3.73. The lowest BCUT2D eigenvalue weighted by Crippen LogP contribution is -2.54. The minimum Gasteiger partial charge on any atom is -0.346 e. The second-order valence-corrected chi connectivity index (χ2v) is 5.31. The molecule has 1 saturated carbocycles. The fourth-order valence-corrected chi connectivity index (χ4v) is 2.83. The first kappa shape index (κ1) is 12.8. The van der Waals surface area contributed by atoms with Crippen molar-refractivity contribution >= 4 is 33.4 Å². The summed E-state index contributed by atoms with van der Waals surface area (Å²) in [4.78, 5) is 12.0. The first-order chi connectivity index (χ1) is 8.06. The summed E-state index contributed by atoms with van der Waals surface area (Å²) < 4.78 is 12.9. The topological polar surface area (TPSA) is 29.1 Å². The smallest absolute Gasteiger partial charge is 0.253 e. The van der Waals surface area contributed by atoms with Gasteiger partial charge in [-0.25, -0.2) is 4.39 Å². The van der Waals surface area contributed by atoms with Crippen LogP contribution in [0, 0.1) is 5.82 Å². The second kappa shape index (κ2) is 4.94. The van der Waals surface area contributed by atoms with E-state index < -0.39 is 5.82 Å². The fraction of sp³-hybridized carbons (Fsp3) is 0.417. The van der Waals surface area contributed by atoms with Crippen LogP contribution in [0.5, 0.6) is 0 Å². The molecule has 0 aromatic heterocycles. The van der Waals surface area contributed by atoms with Crippen molar-refractivity contribution in [2.75, 3.05) is 5.33 Å². The fourth-order valence-electron chi connectivity index (χ4n) is 1.88. The molecule has 0 radical (unpaired) electrons. The minimum absolute atomic E-state index is 0.145. The molecule has 0 unspecified atom stereocenters. The van der Waals surface area contributed by atoms with Crippen LogP contribution in [0.2, 0.25) is 5.02 Å². The van der Waals surface area contributed by atoms with Crippen LogP contribution >= 0.6 is 27.5 Å². The van der Waals surface area contributed by atoms with Gasteiger partial charge in [-0.05, 0) is 37.5 Å². The van der Waals surface area contributed by atoms with Gasteiger partial charge in [-0.1, -0.05) is 27.5 Å². The molecule has 2 nitrogen and oxygen atoms in total. The quantitative estimate of drug-likeness (QED) is 0.848. The van der Waals surface area contributed by atoms with Gasteiger partial charge in [-0.2, -0.15) is 0 Å². The summed E-state index contributed by atoms with van der Waals surface area (Å²) >= 11 is 9.25. The molecule has 0 aliphatic heterocycles. The van der Waals surface area contributed by atoms with Crippen molar-refractivity contribution in [3.05, 3.63) is 34.6 Å². The average Bonchev–Trinajstić information content (AvgIpc) is 2.23. The highest BCUT2D eigenvalue weighted by atomic mass is 79.9. The number of hydrogen-bond donors (Lipinski definition) is 1. The number of hydrogen-bond acceptors (Lipinski definition) is 1. The largest absolute Gasteiger partial charge is 0.346 e. The van der Waals surface area contributed by atoms with E-state index in [0.717, 1.165) is 30.7 Å². The second-order valence-electron chi connectivity index (χ2n) is 4.35. The Labute approximate surface area is 113 Å². The van der Waals surface area contributed by atoms with E-state index in [9.17, 15) is 9.18 Å². The SMILES string of the molecule is O=C(NC1(CBr)CCC1)c1ccc(F)cc1Cl. The molecular weight excluding hydrogens is 308 g/mol. The molecule has 0 saturated heterocycles. The molecule has 1 N–H and O–H groups in total. The predicted molar refractivity (Wildman–Crippen MR) is 69.3 cm³/mol. The van der Waals surface area contributed by atoms with Crippen molar-refractivity contribution in [1.29, 1.82) is 0 Å². The van der Waals surface area contributed by atoms with Crippen molar-refractivity contribution in [2.24, 2.45) is 0 Å². The number of amides is 1. The monoisotopic (exact) mass is 319 g/mol. The first-order valence-corrected chi connectivity index (χ1v) is 6.90. The molecule has 0 spiro atoms. The zero-order valence-electron chi connectivity index (χ0n) is 9.10. The third-order valence-electron chi connectivity index (χ3n) is 3.12. The van der Waals surface area contributed by atoms with E-state index >= 15 is 0 Å². The molecule has 2 rings (SSSR count). The summed E-state index contributed by atoms with van der Waals surface area (Å²) in [5.41, 5.74) is 0.162. The molecule has 0 heterocycles. The van der Waals surface area contributed by atoms with Crippen molar-refractivity contribution in [2.45, 2.75) is 24.8 Å². The molecule has 1 aliphatic carbocycles. The predicted octanol–water partition coefficient (Wildman–Crippen LogP) is 3.53. The Morgan fingerprint density at radius 3 is 2.71 bits per heavy atom. The van der Waals surface area contributed by atoms with Crippen LogP contribution in [0.25, 0.3) is 0 Å². The zero-order chi connectivity index (χ0) is 12.5. The van der Waals surface area contributed by atoms with E-state index in [1.54, 1.807) is 0 Å². The number of rotatable bonds is 3. The molecule has 0 atom stereocenters.